The number of morpholine rings is 1. The Kier molecular flexibility index (Phi) is 6.13. The summed E-state index contributed by atoms with van der Waals surface area (Å²) in [5.74, 6) is 0.656. The first-order chi connectivity index (χ1) is 16.2. The van der Waals surface area contributed by atoms with Crippen LogP contribution in [0.4, 0.5) is 4.39 Å². The maximum Gasteiger partial charge on any atom is 0.223 e. The Morgan fingerprint density at radius 1 is 1.06 bits per heavy atom. The Morgan fingerprint density at radius 3 is 2.79 bits per heavy atom. The molecule has 0 saturated carbocycles. The zero-order valence-electron chi connectivity index (χ0n) is 18.2. The van der Waals surface area contributed by atoms with E-state index in [9.17, 15) is 9.18 Å². The summed E-state index contributed by atoms with van der Waals surface area (Å²) in [4.78, 5) is 27.2. The lowest BCUT2D eigenvalue weighted by Gasteiger charge is -2.33. The van der Waals surface area contributed by atoms with E-state index in [1.165, 1.54) is 6.07 Å². The van der Waals surface area contributed by atoms with E-state index in [2.05, 4.69) is 9.97 Å². The number of nitrogens with zero attached hydrogens (tertiary/aromatic N) is 3. The first-order valence-corrected chi connectivity index (χ1v) is 11.2. The van der Waals surface area contributed by atoms with Gasteiger partial charge in [-0.05, 0) is 35.9 Å². The van der Waals surface area contributed by atoms with Crippen LogP contribution < -0.4 is 0 Å². The van der Waals surface area contributed by atoms with Crippen LogP contribution in [0.25, 0.3) is 11.0 Å². The molecule has 0 radical (unpaired) electrons. The lowest BCUT2D eigenvalue weighted by Crippen LogP contribution is -2.42. The highest BCUT2D eigenvalue weighted by Gasteiger charge is 2.26. The molecule has 1 saturated heterocycles. The number of carbonyl (C=O) groups excluding carboxylic acids is 1. The summed E-state index contributed by atoms with van der Waals surface area (Å²) < 4.78 is 19.9. The van der Waals surface area contributed by atoms with E-state index in [1.807, 2.05) is 53.4 Å². The number of hydrogen-bond acceptors (Lipinski definition) is 4. The first kappa shape index (κ1) is 21.3. The van der Waals surface area contributed by atoms with Gasteiger partial charge in [0.25, 0.3) is 0 Å². The highest BCUT2D eigenvalue weighted by molar-refractivity contribution is 5.77. The SMILES string of the molecule is O=C(CCc1nc2ccccc2[nH]1)N1CCOC(c2cccc(Cc3ccccc3F)n2)C1. The van der Waals surface area contributed by atoms with Crippen LogP contribution in [0.3, 0.4) is 0 Å². The number of H-pyrrole nitrogens is 1. The molecule has 1 aliphatic rings. The van der Waals surface area contributed by atoms with E-state index in [0.717, 1.165) is 28.2 Å². The molecule has 1 N–H and O–H groups in total. The van der Waals surface area contributed by atoms with Gasteiger partial charge in [0.1, 0.15) is 17.7 Å². The fourth-order valence-corrected chi connectivity index (χ4v) is 4.18. The summed E-state index contributed by atoms with van der Waals surface area (Å²) in [7, 11) is 0. The van der Waals surface area contributed by atoms with E-state index >= 15 is 0 Å². The molecule has 2 aromatic heterocycles. The summed E-state index contributed by atoms with van der Waals surface area (Å²) in [6.45, 7) is 1.47. The van der Waals surface area contributed by atoms with Crippen LogP contribution in [-0.2, 0) is 22.4 Å². The fraction of sp³-hybridized carbons (Fsp3) is 0.269. The molecule has 0 spiro atoms. The van der Waals surface area contributed by atoms with Gasteiger partial charge in [0, 0.05) is 31.5 Å². The second kappa shape index (κ2) is 9.50. The number of aromatic nitrogens is 3. The minimum absolute atomic E-state index is 0.0752. The van der Waals surface area contributed by atoms with Gasteiger partial charge >= 0.3 is 0 Å². The van der Waals surface area contributed by atoms with Crippen LogP contribution in [0.2, 0.25) is 0 Å². The molecular formula is C26H25FN4O2. The Labute approximate surface area is 191 Å². The monoisotopic (exact) mass is 444 g/mol. The van der Waals surface area contributed by atoms with Crippen molar-refractivity contribution < 1.29 is 13.9 Å². The van der Waals surface area contributed by atoms with Gasteiger partial charge in [-0.1, -0.05) is 36.4 Å². The number of carbonyl (C=O) groups is 1. The van der Waals surface area contributed by atoms with E-state index in [1.54, 1.807) is 12.1 Å². The van der Waals surface area contributed by atoms with Gasteiger partial charge in [-0.2, -0.15) is 0 Å². The van der Waals surface area contributed by atoms with Crippen molar-refractivity contribution in [2.24, 2.45) is 0 Å². The Hall–Kier alpha value is -3.58. The molecule has 4 aromatic rings. The minimum Gasteiger partial charge on any atom is -0.368 e. The Bertz CT molecular complexity index is 1240. The summed E-state index contributed by atoms with van der Waals surface area (Å²) in [5.41, 5.74) is 4.03. The van der Waals surface area contributed by atoms with Crippen molar-refractivity contribution >= 4 is 16.9 Å². The molecule has 1 aliphatic heterocycles. The van der Waals surface area contributed by atoms with E-state index < -0.39 is 0 Å². The molecular weight excluding hydrogens is 419 g/mol. The van der Waals surface area contributed by atoms with Gasteiger partial charge in [0.15, 0.2) is 0 Å². The fourth-order valence-electron chi connectivity index (χ4n) is 4.18. The molecule has 1 amide bonds. The summed E-state index contributed by atoms with van der Waals surface area (Å²) in [6.07, 6.45) is 1.06. The predicted octanol–water partition coefficient (Wildman–Crippen LogP) is 4.22. The smallest absolute Gasteiger partial charge is 0.223 e. The lowest BCUT2D eigenvalue weighted by atomic mass is 10.1. The van der Waals surface area contributed by atoms with E-state index in [-0.39, 0.29) is 17.8 Å². The van der Waals surface area contributed by atoms with Crippen LogP contribution in [0.15, 0.2) is 66.7 Å². The number of pyridine rings is 1. The number of halogens is 1. The Balaban J connectivity index is 1.22. The molecule has 6 nitrogen and oxygen atoms in total. The zero-order valence-corrected chi connectivity index (χ0v) is 18.2. The summed E-state index contributed by atoms with van der Waals surface area (Å²) in [6, 6.07) is 20.3. The largest absolute Gasteiger partial charge is 0.368 e. The second-order valence-electron chi connectivity index (χ2n) is 8.22. The minimum atomic E-state index is -0.297. The van der Waals surface area contributed by atoms with Crippen LogP contribution in [0.5, 0.6) is 0 Å². The lowest BCUT2D eigenvalue weighted by molar-refractivity contribution is -0.139. The molecule has 3 heterocycles. The van der Waals surface area contributed by atoms with Gasteiger partial charge in [-0.25, -0.2) is 9.37 Å². The molecule has 2 aromatic carbocycles. The third-order valence-electron chi connectivity index (χ3n) is 5.92. The van der Waals surface area contributed by atoms with Crippen molar-refractivity contribution in [3.63, 3.8) is 0 Å². The predicted molar refractivity (Wildman–Crippen MR) is 123 cm³/mol. The number of para-hydroxylation sites is 2. The second-order valence-corrected chi connectivity index (χ2v) is 8.22. The van der Waals surface area contributed by atoms with Crippen molar-refractivity contribution in [3.8, 4) is 0 Å². The third kappa shape index (κ3) is 4.93. The molecule has 0 bridgehead atoms. The molecule has 33 heavy (non-hydrogen) atoms. The highest BCUT2D eigenvalue weighted by Crippen LogP contribution is 2.23. The number of rotatable bonds is 6. The molecule has 7 heteroatoms. The maximum atomic E-state index is 14.0. The number of nitrogens with one attached hydrogen (secondary N) is 1. The van der Waals surface area contributed by atoms with Gasteiger partial charge in [-0.15, -0.1) is 0 Å². The number of fused-ring (bicyclic) bond motifs is 1. The molecule has 1 atom stereocenters. The van der Waals surface area contributed by atoms with Crippen LogP contribution in [-0.4, -0.2) is 45.5 Å². The van der Waals surface area contributed by atoms with Gasteiger partial charge in [0.05, 0.1) is 29.9 Å². The van der Waals surface area contributed by atoms with Crippen molar-refractivity contribution in [2.45, 2.75) is 25.4 Å². The van der Waals surface area contributed by atoms with Gasteiger partial charge < -0.3 is 14.6 Å². The maximum absolute atomic E-state index is 14.0. The standard InChI is InChI=1S/C26H25FN4O2/c27-20-8-2-1-6-18(20)16-19-7-5-11-23(28-19)24-17-31(14-15-33-24)26(32)13-12-25-29-21-9-3-4-10-22(21)30-25/h1-11,24H,12-17H2,(H,29,30). The quantitative estimate of drug-likeness (QED) is 0.483. The number of imidazole rings is 1. The first-order valence-electron chi connectivity index (χ1n) is 11.2. The van der Waals surface area contributed by atoms with Gasteiger partial charge in [0.2, 0.25) is 5.91 Å². The highest BCUT2D eigenvalue weighted by atomic mass is 19.1. The van der Waals surface area contributed by atoms with Crippen molar-refractivity contribution in [2.75, 3.05) is 19.7 Å². The number of amides is 1. The molecule has 1 fully saturated rings. The van der Waals surface area contributed by atoms with Crippen molar-refractivity contribution in [1.29, 1.82) is 0 Å². The van der Waals surface area contributed by atoms with E-state index in [0.29, 0.717) is 44.5 Å². The summed E-state index contributed by atoms with van der Waals surface area (Å²) in [5, 5.41) is 0. The normalized spacial score (nSPS) is 16.3. The zero-order chi connectivity index (χ0) is 22.6. The van der Waals surface area contributed by atoms with Crippen molar-refractivity contribution in [3.05, 3.63) is 95.3 Å². The number of ether oxygens (including phenoxy) is 1. The van der Waals surface area contributed by atoms with Crippen LogP contribution >= 0.6 is 0 Å². The third-order valence-corrected chi connectivity index (χ3v) is 5.92. The van der Waals surface area contributed by atoms with Crippen LogP contribution in [0, 0.1) is 5.82 Å². The molecule has 5 rings (SSSR count). The van der Waals surface area contributed by atoms with E-state index in [4.69, 9.17) is 9.72 Å². The van der Waals surface area contributed by atoms with Gasteiger partial charge in [-0.3, -0.25) is 9.78 Å². The number of benzene rings is 2. The topological polar surface area (TPSA) is 71.1 Å². The molecule has 1 unspecified atom stereocenters. The summed E-state index contributed by atoms with van der Waals surface area (Å²) >= 11 is 0. The number of aromatic amines is 1. The number of aryl methyl sites for hydroxylation is 1. The molecule has 168 valence electrons. The average molecular weight is 445 g/mol. The average Bonchev–Trinajstić information content (AvgIpc) is 3.27. The number of hydrogen-bond donors (Lipinski definition) is 1. The van der Waals surface area contributed by atoms with Crippen molar-refractivity contribution in [1.82, 2.24) is 19.9 Å². The Morgan fingerprint density at radius 2 is 1.91 bits per heavy atom. The molecule has 0 aliphatic carbocycles. The van der Waals surface area contributed by atoms with Crippen LogP contribution in [0.1, 0.15) is 35.3 Å².